The molecular weight excluding hydrogens is 274 g/mol. The molecule has 0 bridgehead atoms. The number of nitrogens with zero attached hydrogens (tertiary/aromatic N) is 3. The Morgan fingerprint density at radius 3 is 2.90 bits per heavy atom. The summed E-state index contributed by atoms with van der Waals surface area (Å²) < 4.78 is 1.76. The molecule has 0 aliphatic rings. The van der Waals surface area contributed by atoms with Gasteiger partial charge in [-0.15, -0.1) is 11.3 Å². The van der Waals surface area contributed by atoms with Gasteiger partial charge < -0.3 is 5.11 Å². The van der Waals surface area contributed by atoms with Crippen LogP contribution in [0.2, 0.25) is 0 Å². The number of ketones is 1. The molecule has 1 unspecified atom stereocenters. The van der Waals surface area contributed by atoms with Crippen LogP contribution >= 0.6 is 11.3 Å². The van der Waals surface area contributed by atoms with Crippen LogP contribution in [0.3, 0.4) is 0 Å². The SMILES string of the molecule is CCC(O)Cn1nc(C)nc1Cc1csc(C(C)=O)c1. The molecule has 0 aliphatic carbocycles. The second-order valence-electron chi connectivity index (χ2n) is 4.87. The van der Waals surface area contributed by atoms with E-state index < -0.39 is 6.10 Å². The van der Waals surface area contributed by atoms with E-state index in [4.69, 9.17) is 0 Å². The second kappa shape index (κ2) is 6.28. The summed E-state index contributed by atoms with van der Waals surface area (Å²) in [7, 11) is 0. The molecule has 0 aliphatic heterocycles. The number of carbonyl (C=O) groups is 1. The van der Waals surface area contributed by atoms with E-state index in [1.165, 1.54) is 11.3 Å². The molecule has 0 radical (unpaired) electrons. The molecule has 2 rings (SSSR count). The predicted octanol–water partition coefficient (Wildman–Crippen LogP) is 2.21. The van der Waals surface area contributed by atoms with Crippen LogP contribution in [-0.4, -0.2) is 31.8 Å². The zero-order valence-electron chi connectivity index (χ0n) is 12.0. The quantitative estimate of drug-likeness (QED) is 0.829. The Morgan fingerprint density at radius 1 is 1.55 bits per heavy atom. The van der Waals surface area contributed by atoms with E-state index in [1.54, 1.807) is 11.6 Å². The van der Waals surface area contributed by atoms with Gasteiger partial charge in [0, 0.05) is 6.42 Å². The van der Waals surface area contributed by atoms with Crippen LogP contribution < -0.4 is 0 Å². The molecular formula is C14H19N3O2S. The first-order chi connectivity index (χ1) is 9.49. The van der Waals surface area contributed by atoms with Crippen molar-refractivity contribution in [3.05, 3.63) is 33.5 Å². The summed E-state index contributed by atoms with van der Waals surface area (Å²) in [5.41, 5.74) is 1.06. The minimum Gasteiger partial charge on any atom is -0.391 e. The molecule has 0 spiro atoms. The van der Waals surface area contributed by atoms with E-state index in [-0.39, 0.29) is 5.78 Å². The van der Waals surface area contributed by atoms with Crippen molar-refractivity contribution in [3.8, 4) is 0 Å². The summed E-state index contributed by atoms with van der Waals surface area (Å²) in [6, 6.07) is 1.90. The lowest BCUT2D eigenvalue weighted by molar-refractivity contribution is 0.102. The van der Waals surface area contributed by atoms with E-state index in [2.05, 4.69) is 10.1 Å². The molecule has 0 saturated heterocycles. The summed E-state index contributed by atoms with van der Waals surface area (Å²) in [6.07, 6.45) is 0.900. The first kappa shape index (κ1) is 14.9. The average molecular weight is 293 g/mol. The van der Waals surface area contributed by atoms with E-state index in [0.29, 0.717) is 25.2 Å². The van der Waals surface area contributed by atoms with Crippen molar-refractivity contribution in [2.45, 2.75) is 46.3 Å². The van der Waals surface area contributed by atoms with E-state index in [0.717, 1.165) is 16.3 Å². The largest absolute Gasteiger partial charge is 0.391 e. The third-order valence-corrected chi connectivity index (χ3v) is 4.15. The topological polar surface area (TPSA) is 68.0 Å². The minimum absolute atomic E-state index is 0.0836. The van der Waals surface area contributed by atoms with Crippen molar-refractivity contribution in [1.29, 1.82) is 0 Å². The number of rotatable bonds is 6. The molecule has 108 valence electrons. The van der Waals surface area contributed by atoms with Gasteiger partial charge in [-0.2, -0.15) is 5.10 Å². The Hall–Kier alpha value is -1.53. The Kier molecular flexibility index (Phi) is 4.67. The van der Waals surface area contributed by atoms with Gasteiger partial charge in [0.1, 0.15) is 11.6 Å². The third-order valence-electron chi connectivity index (χ3n) is 3.07. The Labute approximate surface area is 122 Å². The maximum atomic E-state index is 11.3. The summed E-state index contributed by atoms with van der Waals surface area (Å²) in [4.78, 5) is 16.5. The first-order valence-electron chi connectivity index (χ1n) is 6.66. The molecule has 5 nitrogen and oxygen atoms in total. The van der Waals surface area contributed by atoms with E-state index in [9.17, 15) is 9.90 Å². The van der Waals surface area contributed by atoms with Crippen LogP contribution in [0, 0.1) is 6.92 Å². The molecule has 1 N–H and O–H groups in total. The molecule has 1 atom stereocenters. The molecule has 2 aromatic heterocycles. The second-order valence-corrected chi connectivity index (χ2v) is 5.78. The van der Waals surface area contributed by atoms with Crippen molar-refractivity contribution in [1.82, 2.24) is 14.8 Å². The van der Waals surface area contributed by atoms with Gasteiger partial charge in [0.2, 0.25) is 0 Å². The van der Waals surface area contributed by atoms with Gasteiger partial charge >= 0.3 is 0 Å². The number of aromatic nitrogens is 3. The highest BCUT2D eigenvalue weighted by molar-refractivity contribution is 7.12. The van der Waals surface area contributed by atoms with Gasteiger partial charge in [-0.25, -0.2) is 9.67 Å². The molecule has 6 heteroatoms. The highest BCUT2D eigenvalue weighted by Gasteiger charge is 2.13. The van der Waals surface area contributed by atoms with Crippen molar-refractivity contribution in [3.63, 3.8) is 0 Å². The summed E-state index contributed by atoms with van der Waals surface area (Å²) >= 11 is 1.45. The van der Waals surface area contributed by atoms with Gasteiger partial charge in [-0.05, 0) is 37.3 Å². The molecule has 2 heterocycles. The fraction of sp³-hybridized carbons (Fsp3) is 0.500. The van der Waals surface area contributed by atoms with Gasteiger partial charge in [0.05, 0.1) is 17.5 Å². The first-order valence-corrected chi connectivity index (χ1v) is 7.54. The van der Waals surface area contributed by atoms with Gasteiger partial charge in [-0.3, -0.25) is 4.79 Å². The lowest BCUT2D eigenvalue weighted by Gasteiger charge is -2.09. The van der Waals surface area contributed by atoms with Crippen LogP contribution in [0.15, 0.2) is 11.4 Å². The summed E-state index contributed by atoms with van der Waals surface area (Å²) in [6.45, 7) is 5.80. The predicted molar refractivity (Wildman–Crippen MR) is 78.2 cm³/mol. The van der Waals surface area contributed by atoms with Crippen LogP contribution in [0.1, 0.15) is 47.2 Å². The minimum atomic E-state index is -0.412. The maximum absolute atomic E-state index is 11.3. The smallest absolute Gasteiger partial charge is 0.169 e. The van der Waals surface area contributed by atoms with Crippen LogP contribution in [-0.2, 0) is 13.0 Å². The van der Waals surface area contributed by atoms with Gasteiger partial charge in [0.25, 0.3) is 0 Å². The van der Waals surface area contributed by atoms with Crippen LogP contribution in [0.5, 0.6) is 0 Å². The Balaban J connectivity index is 2.17. The number of aryl methyl sites for hydroxylation is 1. The van der Waals surface area contributed by atoms with Crippen LogP contribution in [0.25, 0.3) is 0 Å². The van der Waals surface area contributed by atoms with E-state index in [1.807, 2.05) is 25.3 Å². The molecule has 0 saturated carbocycles. The number of thiophene rings is 1. The highest BCUT2D eigenvalue weighted by atomic mass is 32.1. The van der Waals surface area contributed by atoms with Gasteiger partial charge in [0.15, 0.2) is 5.78 Å². The fourth-order valence-electron chi connectivity index (χ4n) is 1.94. The molecule has 0 fully saturated rings. The van der Waals surface area contributed by atoms with Gasteiger partial charge in [-0.1, -0.05) is 6.92 Å². The zero-order valence-corrected chi connectivity index (χ0v) is 12.8. The lowest BCUT2D eigenvalue weighted by Crippen LogP contribution is -2.18. The standard InChI is InChI=1S/C14H19N3O2S/c1-4-12(19)7-17-14(15-10(3)16-17)6-11-5-13(9(2)18)20-8-11/h5,8,12,19H,4,6-7H2,1-3H3. The van der Waals surface area contributed by atoms with E-state index >= 15 is 0 Å². The Morgan fingerprint density at radius 2 is 2.30 bits per heavy atom. The average Bonchev–Trinajstić information content (AvgIpc) is 2.97. The lowest BCUT2D eigenvalue weighted by atomic mass is 10.2. The fourth-order valence-corrected chi connectivity index (χ4v) is 2.76. The van der Waals surface area contributed by atoms with Crippen molar-refractivity contribution >= 4 is 17.1 Å². The molecule has 20 heavy (non-hydrogen) atoms. The number of aliphatic hydroxyl groups is 1. The van der Waals surface area contributed by atoms with Crippen molar-refractivity contribution < 1.29 is 9.90 Å². The number of hydrogen-bond donors (Lipinski definition) is 1. The monoisotopic (exact) mass is 293 g/mol. The maximum Gasteiger partial charge on any atom is 0.169 e. The normalized spacial score (nSPS) is 12.6. The summed E-state index contributed by atoms with van der Waals surface area (Å²) in [5.74, 6) is 1.61. The van der Waals surface area contributed by atoms with Crippen LogP contribution in [0.4, 0.5) is 0 Å². The molecule has 0 aromatic carbocycles. The number of hydrogen-bond acceptors (Lipinski definition) is 5. The summed E-state index contributed by atoms with van der Waals surface area (Å²) in [5, 5.41) is 16.0. The van der Waals surface area contributed by atoms with Crippen molar-refractivity contribution in [2.75, 3.05) is 0 Å². The third kappa shape index (κ3) is 3.52. The number of carbonyl (C=O) groups excluding carboxylic acids is 1. The number of Topliss-reactive ketones (excluding diaryl/α,β-unsaturated/α-hetero) is 1. The Bertz CT molecular complexity index is 603. The highest BCUT2D eigenvalue weighted by Crippen LogP contribution is 2.18. The molecule has 0 amide bonds. The molecule has 2 aromatic rings. The number of aliphatic hydroxyl groups excluding tert-OH is 1. The zero-order chi connectivity index (χ0) is 14.7. The van der Waals surface area contributed by atoms with Crippen molar-refractivity contribution in [2.24, 2.45) is 0 Å².